The number of carbonyl (C=O) groups excluding carboxylic acids is 1. The third-order valence-corrected chi connectivity index (χ3v) is 6.12. The second-order valence-corrected chi connectivity index (χ2v) is 9.23. The molecule has 8 nitrogen and oxygen atoms in total. The van der Waals surface area contributed by atoms with Gasteiger partial charge in [0.2, 0.25) is 5.89 Å². The summed E-state index contributed by atoms with van der Waals surface area (Å²) in [5.41, 5.74) is 2.48. The fourth-order valence-corrected chi connectivity index (χ4v) is 4.10. The molecular weight excluding hydrogens is 468 g/mol. The lowest BCUT2D eigenvalue weighted by atomic mass is 10.1. The third kappa shape index (κ3) is 7.80. The Labute approximate surface area is 210 Å². The van der Waals surface area contributed by atoms with Crippen LogP contribution in [-0.4, -0.2) is 71.2 Å². The van der Waals surface area contributed by atoms with Crippen molar-refractivity contribution in [2.45, 2.75) is 26.1 Å². The molecule has 1 unspecified atom stereocenters. The fourth-order valence-electron chi connectivity index (χ4n) is 3.98. The van der Waals surface area contributed by atoms with E-state index >= 15 is 0 Å². The number of oxazole rings is 1. The molecule has 0 spiro atoms. The highest BCUT2D eigenvalue weighted by atomic mass is 35.5. The van der Waals surface area contributed by atoms with Gasteiger partial charge in [0.25, 0.3) is 5.91 Å². The van der Waals surface area contributed by atoms with Crippen molar-refractivity contribution in [3.8, 4) is 5.75 Å². The van der Waals surface area contributed by atoms with E-state index in [-0.39, 0.29) is 18.2 Å². The number of rotatable bonds is 10. The molecule has 1 aliphatic rings. The van der Waals surface area contributed by atoms with Crippen molar-refractivity contribution in [2.24, 2.45) is 0 Å². The highest BCUT2D eigenvalue weighted by Crippen LogP contribution is 2.16. The number of piperazine rings is 1. The van der Waals surface area contributed by atoms with Gasteiger partial charge in [-0.25, -0.2) is 4.98 Å². The summed E-state index contributed by atoms with van der Waals surface area (Å²) >= 11 is 5.88. The second-order valence-electron chi connectivity index (χ2n) is 8.79. The minimum Gasteiger partial charge on any atom is -0.491 e. The number of aromatic nitrogens is 1. The number of ether oxygens (including phenoxy) is 1. The Morgan fingerprint density at radius 1 is 1.17 bits per heavy atom. The van der Waals surface area contributed by atoms with Crippen LogP contribution in [0.4, 0.5) is 0 Å². The molecule has 35 heavy (non-hydrogen) atoms. The van der Waals surface area contributed by atoms with Gasteiger partial charge >= 0.3 is 0 Å². The third-order valence-electron chi connectivity index (χ3n) is 5.87. The normalized spacial score (nSPS) is 15.6. The van der Waals surface area contributed by atoms with Crippen LogP contribution in [0.5, 0.6) is 5.75 Å². The first kappa shape index (κ1) is 25.2. The molecule has 1 atom stereocenters. The van der Waals surface area contributed by atoms with Crippen molar-refractivity contribution in [2.75, 3.05) is 39.3 Å². The Morgan fingerprint density at radius 2 is 1.91 bits per heavy atom. The standard InChI is InChI=1S/C26H31ClN4O4/c1-19-3-2-4-20(13-19)14-28-26(33)24-18-35-25(29-24)16-31-11-9-30(10-12-31)15-22(32)17-34-23-7-5-21(27)6-8-23/h2-8,13,18,22,32H,9-12,14-17H2,1H3,(H,28,33). The molecule has 3 aromatic rings. The number of benzene rings is 2. The number of amides is 1. The first-order valence-corrected chi connectivity index (χ1v) is 12.1. The second kappa shape index (κ2) is 12.2. The lowest BCUT2D eigenvalue weighted by Gasteiger charge is -2.34. The number of aliphatic hydroxyl groups is 1. The average molecular weight is 499 g/mol. The Bertz CT molecular complexity index is 1100. The fraction of sp³-hybridized carbons (Fsp3) is 0.385. The number of nitrogens with zero attached hydrogens (tertiary/aromatic N) is 3. The number of aliphatic hydroxyl groups excluding tert-OH is 1. The smallest absolute Gasteiger partial charge is 0.273 e. The van der Waals surface area contributed by atoms with Gasteiger partial charge in [0.1, 0.15) is 24.7 Å². The Hall–Kier alpha value is -2.91. The molecular formula is C26H31ClN4O4. The van der Waals surface area contributed by atoms with E-state index in [0.717, 1.165) is 37.3 Å². The first-order valence-electron chi connectivity index (χ1n) is 11.7. The number of halogens is 1. The van der Waals surface area contributed by atoms with Crippen LogP contribution in [0.3, 0.4) is 0 Å². The van der Waals surface area contributed by atoms with E-state index < -0.39 is 6.10 Å². The zero-order valence-electron chi connectivity index (χ0n) is 19.8. The van der Waals surface area contributed by atoms with Crippen molar-refractivity contribution in [1.29, 1.82) is 0 Å². The number of hydrogen-bond acceptors (Lipinski definition) is 7. The van der Waals surface area contributed by atoms with Crippen molar-refractivity contribution in [3.05, 3.63) is 82.5 Å². The van der Waals surface area contributed by atoms with Gasteiger partial charge in [0.15, 0.2) is 5.69 Å². The van der Waals surface area contributed by atoms with E-state index in [2.05, 4.69) is 20.1 Å². The maximum atomic E-state index is 12.4. The zero-order valence-corrected chi connectivity index (χ0v) is 20.6. The van der Waals surface area contributed by atoms with E-state index in [1.807, 2.05) is 31.2 Å². The van der Waals surface area contributed by atoms with Gasteiger partial charge in [-0.05, 0) is 36.8 Å². The van der Waals surface area contributed by atoms with Crippen molar-refractivity contribution >= 4 is 17.5 Å². The molecule has 0 bridgehead atoms. The van der Waals surface area contributed by atoms with Gasteiger partial charge in [0.05, 0.1) is 6.54 Å². The van der Waals surface area contributed by atoms with Crippen molar-refractivity contribution < 1.29 is 19.1 Å². The largest absolute Gasteiger partial charge is 0.491 e. The van der Waals surface area contributed by atoms with Gasteiger partial charge in [0, 0.05) is 44.3 Å². The SMILES string of the molecule is Cc1cccc(CNC(=O)c2coc(CN3CCN(CC(O)COc4ccc(Cl)cc4)CC3)n2)c1. The summed E-state index contributed by atoms with van der Waals surface area (Å²) in [4.78, 5) is 21.2. The van der Waals surface area contributed by atoms with E-state index in [4.69, 9.17) is 20.8 Å². The number of carbonyl (C=O) groups is 1. The quantitative estimate of drug-likeness (QED) is 0.443. The van der Waals surface area contributed by atoms with Gasteiger partial charge in [-0.15, -0.1) is 0 Å². The Kier molecular flexibility index (Phi) is 8.76. The number of nitrogens with one attached hydrogen (secondary N) is 1. The molecule has 1 saturated heterocycles. The van der Waals surface area contributed by atoms with Crippen LogP contribution in [0.2, 0.25) is 5.02 Å². The molecule has 1 fully saturated rings. The lowest BCUT2D eigenvalue weighted by Crippen LogP contribution is -2.48. The van der Waals surface area contributed by atoms with E-state index in [9.17, 15) is 9.90 Å². The topological polar surface area (TPSA) is 91.1 Å². The molecule has 9 heteroatoms. The van der Waals surface area contributed by atoms with Gasteiger partial charge in [-0.3, -0.25) is 14.6 Å². The van der Waals surface area contributed by atoms with Crippen molar-refractivity contribution in [1.82, 2.24) is 20.1 Å². The summed E-state index contributed by atoms with van der Waals surface area (Å²) in [5.74, 6) is 0.962. The van der Waals surface area contributed by atoms with Crippen LogP contribution in [0.25, 0.3) is 0 Å². The Balaban J connectivity index is 1.16. The molecule has 0 aliphatic carbocycles. The lowest BCUT2D eigenvalue weighted by molar-refractivity contribution is 0.0430. The summed E-state index contributed by atoms with van der Waals surface area (Å²) in [6, 6.07) is 15.1. The van der Waals surface area contributed by atoms with E-state index in [1.165, 1.54) is 6.26 Å². The monoisotopic (exact) mass is 498 g/mol. The van der Waals surface area contributed by atoms with E-state index in [1.54, 1.807) is 24.3 Å². The number of hydrogen-bond donors (Lipinski definition) is 2. The van der Waals surface area contributed by atoms with Gasteiger partial charge < -0.3 is 19.6 Å². The predicted octanol–water partition coefficient (Wildman–Crippen LogP) is 3.12. The van der Waals surface area contributed by atoms with Crippen LogP contribution >= 0.6 is 11.6 Å². The highest BCUT2D eigenvalue weighted by molar-refractivity contribution is 6.30. The van der Waals surface area contributed by atoms with Crippen LogP contribution in [0, 0.1) is 6.92 Å². The molecule has 2 aromatic carbocycles. The van der Waals surface area contributed by atoms with E-state index in [0.29, 0.717) is 36.3 Å². The Morgan fingerprint density at radius 3 is 2.66 bits per heavy atom. The minimum atomic E-state index is -0.579. The van der Waals surface area contributed by atoms with Crippen molar-refractivity contribution in [3.63, 3.8) is 0 Å². The molecule has 0 saturated carbocycles. The molecule has 1 aliphatic heterocycles. The number of aryl methyl sites for hydroxylation is 1. The molecule has 4 rings (SSSR count). The molecule has 1 aromatic heterocycles. The summed E-state index contributed by atoms with van der Waals surface area (Å²) in [5, 5.41) is 13.9. The molecule has 186 valence electrons. The van der Waals surface area contributed by atoms with Gasteiger partial charge in [-0.1, -0.05) is 41.4 Å². The summed E-state index contributed by atoms with van der Waals surface area (Å²) in [7, 11) is 0. The van der Waals surface area contributed by atoms with Crippen LogP contribution in [0.1, 0.15) is 27.5 Å². The zero-order chi connectivity index (χ0) is 24.6. The van der Waals surface area contributed by atoms with Crippen LogP contribution in [-0.2, 0) is 13.1 Å². The summed E-state index contributed by atoms with van der Waals surface area (Å²) in [6.07, 6.45) is 0.832. The summed E-state index contributed by atoms with van der Waals surface area (Å²) in [6.45, 7) is 7.07. The first-order chi connectivity index (χ1) is 16.9. The summed E-state index contributed by atoms with van der Waals surface area (Å²) < 4.78 is 11.2. The molecule has 2 N–H and O–H groups in total. The molecule has 0 radical (unpaired) electrons. The van der Waals surface area contributed by atoms with Crippen LogP contribution < -0.4 is 10.1 Å². The highest BCUT2D eigenvalue weighted by Gasteiger charge is 2.21. The predicted molar refractivity (Wildman–Crippen MR) is 134 cm³/mol. The average Bonchev–Trinajstić information content (AvgIpc) is 3.32. The molecule has 2 heterocycles. The molecule has 1 amide bonds. The number of β-amino-alcohol motifs (C(OH)–C–C–N with tert-alkyl or cyclic N) is 1. The van der Waals surface area contributed by atoms with Gasteiger partial charge in [-0.2, -0.15) is 0 Å². The minimum absolute atomic E-state index is 0.229. The van der Waals surface area contributed by atoms with Crippen LogP contribution in [0.15, 0.2) is 59.2 Å². The maximum Gasteiger partial charge on any atom is 0.273 e. The maximum absolute atomic E-state index is 12.4.